The quantitative estimate of drug-likeness (QED) is 0.855. The normalized spacial score (nSPS) is 11.9. The lowest BCUT2D eigenvalue weighted by atomic mass is 10.2. The van der Waals surface area contributed by atoms with Crippen molar-refractivity contribution in [1.29, 1.82) is 0 Å². The van der Waals surface area contributed by atoms with Crippen LogP contribution >= 0.6 is 0 Å². The molecule has 0 aliphatic heterocycles. The SMILES string of the molecule is CC=Cc1ccc(NS(=O)(=O)CC)cc1. The first-order valence-electron chi connectivity index (χ1n) is 4.80. The van der Waals surface area contributed by atoms with E-state index in [0.29, 0.717) is 5.69 Å². The van der Waals surface area contributed by atoms with Gasteiger partial charge in [0.15, 0.2) is 0 Å². The van der Waals surface area contributed by atoms with Gasteiger partial charge in [0, 0.05) is 5.69 Å². The first kappa shape index (κ1) is 11.8. The van der Waals surface area contributed by atoms with Gasteiger partial charge in [-0.15, -0.1) is 0 Å². The van der Waals surface area contributed by atoms with Gasteiger partial charge in [-0.05, 0) is 31.5 Å². The zero-order valence-corrected chi connectivity index (χ0v) is 9.71. The van der Waals surface area contributed by atoms with Crippen molar-refractivity contribution in [3.63, 3.8) is 0 Å². The number of hydrogen-bond acceptors (Lipinski definition) is 2. The minimum absolute atomic E-state index is 0.0869. The van der Waals surface area contributed by atoms with Crippen LogP contribution in [0.3, 0.4) is 0 Å². The van der Waals surface area contributed by atoms with Crippen LogP contribution in [-0.4, -0.2) is 14.2 Å². The topological polar surface area (TPSA) is 46.2 Å². The molecule has 82 valence electrons. The largest absolute Gasteiger partial charge is 0.284 e. The van der Waals surface area contributed by atoms with Crippen LogP contribution in [0.25, 0.3) is 6.08 Å². The van der Waals surface area contributed by atoms with Gasteiger partial charge in [-0.25, -0.2) is 8.42 Å². The third-order valence-corrected chi connectivity index (χ3v) is 3.23. The second kappa shape index (κ2) is 4.98. The van der Waals surface area contributed by atoms with Gasteiger partial charge in [-0.2, -0.15) is 0 Å². The van der Waals surface area contributed by atoms with Gasteiger partial charge in [-0.3, -0.25) is 4.72 Å². The Labute approximate surface area is 90.9 Å². The number of anilines is 1. The minimum Gasteiger partial charge on any atom is -0.284 e. The molecule has 15 heavy (non-hydrogen) atoms. The second-order valence-corrected chi connectivity index (χ2v) is 5.14. The number of allylic oxidation sites excluding steroid dienone is 1. The third kappa shape index (κ3) is 3.75. The number of sulfonamides is 1. The molecule has 1 aromatic carbocycles. The van der Waals surface area contributed by atoms with Crippen molar-refractivity contribution < 1.29 is 8.42 Å². The molecule has 1 aromatic rings. The molecule has 0 amide bonds. The Bertz CT molecular complexity index is 432. The fourth-order valence-corrected chi connectivity index (χ4v) is 1.75. The van der Waals surface area contributed by atoms with Crippen LogP contribution in [0.5, 0.6) is 0 Å². The van der Waals surface area contributed by atoms with Crippen molar-refractivity contribution in [2.75, 3.05) is 10.5 Å². The molecular formula is C11H15NO2S. The lowest BCUT2D eigenvalue weighted by Gasteiger charge is -2.05. The molecular weight excluding hydrogens is 210 g/mol. The molecule has 0 saturated heterocycles. The highest BCUT2D eigenvalue weighted by molar-refractivity contribution is 7.92. The van der Waals surface area contributed by atoms with E-state index >= 15 is 0 Å². The van der Waals surface area contributed by atoms with Crippen LogP contribution in [0.2, 0.25) is 0 Å². The average molecular weight is 225 g/mol. The van der Waals surface area contributed by atoms with Crippen LogP contribution in [-0.2, 0) is 10.0 Å². The zero-order valence-electron chi connectivity index (χ0n) is 8.90. The Morgan fingerprint density at radius 3 is 2.33 bits per heavy atom. The monoisotopic (exact) mass is 225 g/mol. The van der Waals surface area contributed by atoms with E-state index in [1.54, 1.807) is 19.1 Å². The van der Waals surface area contributed by atoms with Crippen molar-refractivity contribution in [1.82, 2.24) is 0 Å². The summed E-state index contributed by atoms with van der Waals surface area (Å²) in [5, 5.41) is 0. The molecule has 0 spiro atoms. The lowest BCUT2D eigenvalue weighted by molar-refractivity contribution is 0.602. The first-order valence-corrected chi connectivity index (χ1v) is 6.46. The maximum absolute atomic E-state index is 11.3. The van der Waals surface area contributed by atoms with Gasteiger partial charge < -0.3 is 0 Å². The number of hydrogen-bond donors (Lipinski definition) is 1. The molecule has 4 heteroatoms. The smallest absolute Gasteiger partial charge is 0.232 e. The third-order valence-electron chi connectivity index (χ3n) is 1.92. The summed E-state index contributed by atoms with van der Waals surface area (Å²) in [4.78, 5) is 0. The fraction of sp³-hybridized carbons (Fsp3) is 0.273. The molecule has 0 heterocycles. The van der Waals surface area contributed by atoms with Crippen LogP contribution in [0.4, 0.5) is 5.69 Å². The standard InChI is InChI=1S/C11H15NO2S/c1-3-5-10-6-8-11(9-7-10)12-15(13,14)4-2/h3,5-9,12H,4H2,1-2H3. The van der Waals surface area contributed by atoms with Crippen molar-refractivity contribution >= 4 is 21.8 Å². The maximum atomic E-state index is 11.3. The van der Waals surface area contributed by atoms with Gasteiger partial charge >= 0.3 is 0 Å². The van der Waals surface area contributed by atoms with E-state index in [4.69, 9.17) is 0 Å². The molecule has 0 aliphatic rings. The summed E-state index contributed by atoms with van der Waals surface area (Å²) in [5.41, 5.74) is 1.65. The van der Waals surface area contributed by atoms with Crippen LogP contribution in [0.1, 0.15) is 19.4 Å². The molecule has 1 N–H and O–H groups in total. The predicted molar refractivity (Wildman–Crippen MR) is 64.2 cm³/mol. The lowest BCUT2D eigenvalue weighted by Crippen LogP contribution is -2.14. The van der Waals surface area contributed by atoms with Gasteiger partial charge in [0.1, 0.15) is 0 Å². The van der Waals surface area contributed by atoms with Crippen molar-refractivity contribution in [3.05, 3.63) is 35.9 Å². The van der Waals surface area contributed by atoms with E-state index in [0.717, 1.165) is 5.56 Å². The Balaban J connectivity index is 2.82. The molecule has 0 fully saturated rings. The molecule has 0 bridgehead atoms. The fourth-order valence-electron chi connectivity index (χ4n) is 1.11. The highest BCUT2D eigenvalue weighted by atomic mass is 32.2. The summed E-state index contributed by atoms with van der Waals surface area (Å²) in [6.45, 7) is 3.55. The van der Waals surface area contributed by atoms with Gasteiger partial charge in [0.25, 0.3) is 0 Å². The summed E-state index contributed by atoms with van der Waals surface area (Å²) in [5.74, 6) is 0.0869. The molecule has 3 nitrogen and oxygen atoms in total. The molecule has 1 rings (SSSR count). The molecule has 0 unspecified atom stereocenters. The van der Waals surface area contributed by atoms with E-state index < -0.39 is 10.0 Å². The van der Waals surface area contributed by atoms with Crippen LogP contribution in [0, 0.1) is 0 Å². The molecule has 0 aromatic heterocycles. The van der Waals surface area contributed by atoms with Crippen LogP contribution < -0.4 is 4.72 Å². The average Bonchev–Trinajstić information content (AvgIpc) is 2.21. The van der Waals surface area contributed by atoms with E-state index in [2.05, 4.69) is 4.72 Å². The summed E-state index contributed by atoms with van der Waals surface area (Å²) in [6.07, 6.45) is 3.89. The van der Waals surface area contributed by atoms with Gasteiger partial charge in [-0.1, -0.05) is 24.3 Å². The van der Waals surface area contributed by atoms with Crippen molar-refractivity contribution in [3.8, 4) is 0 Å². The van der Waals surface area contributed by atoms with Gasteiger partial charge in [0.05, 0.1) is 5.75 Å². The number of benzene rings is 1. The van der Waals surface area contributed by atoms with Crippen molar-refractivity contribution in [2.24, 2.45) is 0 Å². The van der Waals surface area contributed by atoms with E-state index in [1.165, 1.54) is 0 Å². The summed E-state index contributed by atoms with van der Waals surface area (Å²) in [7, 11) is -3.17. The van der Waals surface area contributed by atoms with E-state index in [9.17, 15) is 8.42 Å². The molecule has 0 saturated carbocycles. The summed E-state index contributed by atoms with van der Waals surface area (Å²) >= 11 is 0. The molecule has 0 aliphatic carbocycles. The van der Waals surface area contributed by atoms with Crippen LogP contribution in [0.15, 0.2) is 30.3 Å². The highest BCUT2D eigenvalue weighted by Crippen LogP contribution is 2.12. The molecule has 0 radical (unpaired) electrons. The Morgan fingerprint density at radius 1 is 1.27 bits per heavy atom. The first-order chi connectivity index (χ1) is 7.07. The zero-order chi connectivity index (χ0) is 11.3. The second-order valence-electron chi connectivity index (χ2n) is 3.13. The van der Waals surface area contributed by atoms with Gasteiger partial charge in [0.2, 0.25) is 10.0 Å². The Hall–Kier alpha value is -1.29. The Kier molecular flexibility index (Phi) is 3.91. The molecule has 0 atom stereocenters. The van der Waals surface area contributed by atoms with Crippen molar-refractivity contribution in [2.45, 2.75) is 13.8 Å². The van der Waals surface area contributed by atoms with E-state index in [1.807, 2.05) is 31.2 Å². The highest BCUT2D eigenvalue weighted by Gasteiger charge is 2.05. The maximum Gasteiger partial charge on any atom is 0.232 e. The predicted octanol–water partition coefficient (Wildman–Crippen LogP) is 2.48. The number of nitrogens with one attached hydrogen (secondary N) is 1. The summed E-state index contributed by atoms with van der Waals surface area (Å²) < 4.78 is 25.0. The number of rotatable bonds is 4. The Morgan fingerprint density at radius 2 is 1.87 bits per heavy atom. The summed E-state index contributed by atoms with van der Waals surface area (Å²) in [6, 6.07) is 7.24. The minimum atomic E-state index is -3.17. The van der Waals surface area contributed by atoms with E-state index in [-0.39, 0.29) is 5.75 Å².